The molecule has 1 atom stereocenters. The van der Waals surface area contributed by atoms with Gasteiger partial charge in [-0.15, -0.1) is 0 Å². The Hall–Kier alpha value is -0.890. The molecule has 2 rings (SSSR count). The van der Waals surface area contributed by atoms with Gasteiger partial charge < -0.3 is 5.11 Å². The molecule has 0 saturated heterocycles. The highest BCUT2D eigenvalue weighted by Gasteiger charge is 2.40. The monoisotopic (exact) mass is 194 g/mol. The van der Waals surface area contributed by atoms with Crippen LogP contribution in [-0.4, -0.2) is 10.7 Å². The van der Waals surface area contributed by atoms with Gasteiger partial charge in [0.05, 0.1) is 5.60 Å². The third-order valence-electron chi connectivity index (χ3n) is 2.96. The topological polar surface area (TPSA) is 20.2 Å². The summed E-state index contributed by atoms with van der Waals surface area (Å²) in [5.41, 5.74) is -0.119. The van der Waals surface area contributed by atoms with Crippen molar-refractivity contribution in [2.75, 3.05) is 0 Å². The van der Waals surface area contributed by atoms with E-state index in [-0.39, 0.29) is 5.82 Å². The van der Waals surface area contributed by atoms with Crippen LogP contribution in [0.2, 0.25) is 0 Å². The second-order valence-corrected chi connectivity index (χ2v) is 4.40. The Morgan fingerprint density at radius 2 is 2.07 bits per heavy atom. The summed E-state index contributed by atoms with van der Waals surface area (Å²) in [5.74, 6) is 0.149. The first-order chi connectivity index (χ1) is 6.59. The summed E-state index contributed by atoms with van der Waals surface area (Å²) in [7, 11) is 0. The molecule has 1 N–H and O–H groups in total. The molecule has 1 saturated carbocycles. The Labute approximate surface area is 83.6 Å². The van der Waals surface area contributed by atoms with Crippen LogP contribution >= 0.6 is 0 Å². The van der Waals surface area contributed by atoms with Crippen molar-refractivity contribution < 1.29 is 9.50 Å². The van der Waals surface area contributed by atoms with Gasteiger partial charge in [-0.05, 0) is 37.3 Å². The van der Waals surface area contributed by atoms with Crippen molar-refractivity contribution in [2.45, 2.75) is 31.8 Å². The molecule has 0 aromatic heterocycles. The molecule has 0 bridgehead atoms. The van der Waals surface area contributed by atoms with Gasteiger partial charge in [0, 0.05) is 6.42 Å². The minimum atomic E-state index is -0.734. The van der Waals surface area contributed by atoms with E-state index >= 15 is 0 Å². The average molecular weight is 194 g/mol. The summed E-state index contributed by atoms with van der Waals surface area (Å²) in [6.07, 6.45) is 2.56. The molecule has 76 valence electrons. The predicted molar refractivity (Wildman–Crippen MR) is 53.5 cm³/mol. The maximum Gasteiger partial charge on any atom is 0.126 e. The lowest BCUT2D eigenvalue weighted by Gasteiger charge is -2.23. The Morgan fingerprint density at radius 1 is 1.43 bits per heavy atom. The first-order valence-corrected chi connectivity index (χ1v) is 5.05. The van der Waals surface area contributed by atoms with E-state index in [4.69, 9.17) is 0 Å². The molecule has 1 aliphatic carbocycles. The number of aliphatic hydroxyl groups is 1. The van der Waals surface area contributed by atoms with E-state index in [1.54, 1.807) is 25.1 Å². The minimum Gasteiger partial charge on any atom is -0.390 e. The Morgan fingerprint density at radius 3 is 2.64 bits per heavy atom. The normalized spacial score (nSPS) is 20.5. The van der Waals surface area contributed by atoms with Gasteiger partial charge in [0.25, 0.3) is 0 Å². The second kappa shape index (κ2) is 3.35. The highest BCUT2D eigenvalue weighted by molar-refractivity contribution is 5.20. The van der Waals surface area contributed by atoms with Crippen LogP contribution < -0.4 is 0 Å². The van der Waals surface area contributed by atoms with Gasteiger partial charge in [-0.3, -0.25) is 0 Å². The molecule has 14 heavy (non-hydrogen) atoms. The van der Waals surface area contributed by atoms with Crippen molar-refractivity contribution in [1.82, 2.24) is 0 Å². The Bertz CT molecular complexity index is 329. The molecule has 1 fully saturated rings. The van der Waals surface area contributed by atoms with E-state index in [0.717, 1.165) is 12.8 Å². The zero-order valence-corrected chi connectivity index (χ0v) is 8.33. The largest absolute Gasteiger partial charge is 0.390 e. The van der Waals surface area contributed by atoms with Crippen molar-refractivity contribution in [3.8, 4) is 0 Å². The van der Waals surface area contributed by atoms with Crippen LogP contribution in [0.15, 0.2) is 24.3 Å². The number of hydrogen-bond acceptors (Lipinski definition) is 1. The molecule has 1 unspecified atom stereocenters. The van der Waals surface area contributed by atoms with Gasteiger partial charge in [-0.25, -0.2) is 4.39 Å². The zero-order chi connectivity index (χ0) is 10.2. The van der Waals surface area contributed by atoms with Crippen LogP contribution in [0.1, 0.15) is 25.3 Å². The van der Waals surface area contributed by atoms with Gasteiger partial charge in [0.2, 0.25) is 0 Å². The van der Waals surface area contributed by atoms with Crippen molar-refractivity contribution in [1.29, 1.82) is 0 Å². The standard InChI is InChI=1S/C12H15FO/c1-12(14,10-6-7-10)8-9-4-2-3-5-11(9)13/h2-5,10,14H,6-8H2,1H3. The molecular formula is C12H15FO. The van der Waals surface area contributed by atoms with Crippen LogP contribution in [0.3, 0.4) is 0 Å². The number of benzene rings is 1. The first kappa shape index (κ1) is 9.66. The molecule has 0 spiro atoms. The van der Waals surface area contributed by atoms with Crippen molar-refractivity contribution in [3.63, 3.8) is 0 Å². The van der Waals surface area contributed by atoms with E-state index in [1.165, 1.54) is 6.07 Å². The smallest absolute Gasteiger partial charge is 0.126 e. The molecule has 1 nitrogen and oxygen atoms in total. The van der Waals surface area contributed by atoms with Gasteiger partial charge in [0.15, 0.2) is 0 Å². The lowest BCUT2D eigenvalue weighted by molar-refractivity contribution is 0.0364. The third kappa shape index (κ3) is 1.95. The highest BCUT2D eigenvalue weighted by atomic mass is 19.1. The molecular weight excluding hydrogens is 179 g/mol. The molecule has 0 amide bonds. The number of rotatable bonds is 3. The van der Waals surface area contributed by atoms with Crippen LogP contribution in [0, 0.1) is 11.7 Å². The van der Waals surface area contributed by atoms with Gasteiger partial charge in [0.1, 0.15) is 5.82 Å². The maximum absolute atomic E-state index is 13.3. The van der Waals surface area contributed by atoms with Crippen LogP contribution in [0.4, 0.5) is 4.39 Å². The Balaban J connectivity index is 2.13. The fraction of sp³-hybridized carbons (Fsp3) is 0.500. The van der Waals surface area contributed by atoms with Gasteiger partial charge in [-0.2, -0.15) is 0 Å². The Kier molecular flexibility index (Phi) is 2.31. The van der Waals surface area contributed by atoms with Crippen LogP contribution in [0.25, 0.3) is 0 Å². The van der Waals surface area contributed by atoms with E-state index in [1.807, 2.05) is 0 Å². The average Bonchev–Trinajstić information content (AvgIpc) is 2.91. The zero-order valence-electron chi connectivity index (χ0n) is 8.33. The highest BCUT2D eigenvalue weighted by Crippen LogP contribution is 2.41. The fourth-order valence-corrected chi connectivity index (χ4v) is 1.88. The van der Waals surface area contributed by atoms with E-state index in [2.05, 4.69) is 0 Å². The predicted octanol–water partition coefficient (Wildman–Crippen LogP) is 2.53. The fourth-order valence-electron chi connectivity index (χ4n) is 1.88. The molecule has 0 heterocycles. The summed E-state index contributed by atoms with van der Waals surface area (Å²) >= 11 is 0. The lowest BCUT2D eigenvalue weighted by Crippen LogP contribution is -2.30. The summed E-state index contributed by atoms with van der Waals surface area (Å²) in [6, 6.07) is 6.66. The van der Waals surface area contributed by atoms with Crippen molar-refractivity contribution in [3.05, 3.63) is 35.6 Å². The molecule has 1 aromatic rings. The van der Waals surface area contributed by atoms with E-state index in [9.17, 15) is 9.50 Å². The van der Waals surface area contributed by atoms with Crippen LogP contribution in [-0.2, 0) is 6.42 Å². The molecule has 0 aliphatic heterocycles. The van der Waals surface area contributed by atoms with E-state index < -0.39 is 5.60 Å². The maximum atomic E-state index is 13.3. The third-order valence-corrected chi connectivity index (χ3v) is 2.96. The van der Waals surface area contributed by atoms with Crippen LogP contribution in [0.5, 0.6) is 0 Å². The first-order valence-electron chi connectivity index (χ1n) is 5.05. The second-order valence-electron chi connectivity index (χ2n) is 4.40. The quantitative estimate of drug-likeness (QED) is 0.784. The number of hydrogen-bond donors (Lipinski definition) is 1. The summed E-state index contributed by atoms with van der Waals surface area (Å²) in [5, 5.41) is 10.1. The number of halogens is 1. The van der Waals surface area contributed by atoms with E-state index in [0.29, 0.717) is 17.9 Å². The summed E-state index contributed by atoms with van der Waals surface area (Å²) < 4.78 is 13.3. The van der Waals surface area contributed by atoms with Gasteiger partial charge in [-0.1, -0.05) is 18.2 Å². The van der Waals surface area contributed by atoms with Crippen molar-refractivity contribution >= 4 is 0 Å². The molecule has 1 aromatic carbocycles. The molecule has 1 aliphatic rings. The minimum absolute atomic E-state index is 0.214. The SMILES string of the molecule is CC(O)(Cc1ccccc1F)C1CC1. The molecule has 2 heteroatoms. The lowest BCUT2D eigenvalue weighted by atomic mass is 9.91. The molecule has 0 radical (unpaired) electrons. The van der Waals surface area contributed by atoms with Gasteiger partial charge >= 0.3 is 0 Å². The summed E-state index contributed by atoms with van der Waals surface area (Å²) in [4.78, 5) is 0. The van der Waals surface area contributed by atoms with Crippen molar-refractivity contribution in [2.24, 2.45) is 5.92 Å². The summed E-state index contributed by atoms with van der Waals surface area (Å²) in [6.45, 7) is 1.80.